The van der Waals surface area contributed by atoms with Gasteiger partial charge in [-0.05, 0) is 24.6 Å². The highest BCUT2D eigenvalue weighted by atomic mass is 35.5. The number of fused-ring (bicyclic) bond motifs is 1. The maximum absolute atomic E-state index is 11.7. The molecule has 17 heavy (non-hydrogen) atoms. The van der Waals surface area contributed by atoms with Crippen LogP contribution in [-0.2, 0) is 10.1 Å². The zero-order chi connectivity index (χ0) is 11.9. The molecule has 0 aliphatic heterocycles. The van der Waals surface area contributed by atoms with Crippen LogP contribution < -0.4 is 5.43 Å². The fourth-order valence-corrected chi connectivity index (χ4v) is 2.06. The molecule has 2 N–H and O–H groups in total. The van der Waals surface area contributed by atoms with Gasteiger partial charge in [0.2, 0.25) is 5.43 Å². The number of rotatable bonds is 1. The van der Waals surface area contributed by atoms with Crippen LogP contribution in [0.1, 0.15) is 5.56 Å². The van der Waals surface area contributed by atoms with Crippen molar-refractivity contribution in [2.45, 2.75) is 11.8 Å². The predicted octanol–water partition coefficient (Wildman–Crippen LogP) is 1.51. The van der Waals surface area contributed by atoms with Crippen molar-refractivity contribution in [2.24, 2.45) is 0 Å². The topological polar surface area (TPSA) is 87.2 Å². The Hall–Kier alpha value is -1.37. The lowest BCUT2D eigenvalue weighted by Gasteiger charge is -2.01. The van der Waals surface area contributed by atoms with Gasteiger partial charge in [0, 0.05) is 17.1 Å². The van der Waals surface area contributed by atoms with E-state index in [-0.39, 0.29) is 17.8 Å². The second-order valence-corrected chi connectivity index (χ2v) is 4.90. The van der Waals surface area contributed by atoms with Crippen LogP contribution in [0.2, 0.25) is 0 Å². The van der Waals surface area contributed by atoms with Crippen LogP contribution in [0.3, 0.4) is 0 Å². The Labute approximate surface area is 104 Å². The smallest absolute Gasteiger partial charge is 0.299 e. The molecule has 0 amide bonds. The normalized spacial score (nSPS) is 11.2. The lowest BCUT2D eigenvalue weighted by molar-refractivity contribution is 0.482. The average molecular weight is 276 g/mol. The highest BCUT2D eigenvalue weighted by Crippen LogP contribution is 2.12. The van der Waals surface area contributed by atoms with Crippen molar-refractivity contribution in [1.29, 1.82) is 0 Å². The molecule has 0 radical (unpaired) electrons. The zero-order valence-corrected chi connectivity index (χ0v) is 10.4. The molecule has 7 heteroatoms. The summed E-state index contributed by atoms with van der Waals surface area (Å²) in [5.41, 5.74) is 0.788. The third-order valence-corrected chi connectivity index (χ3v) is 3.14. The average Bonchev–Trinajstić information content (AvgIpc) is 2.15. The van der Waals surface area contributed by atoms with Gasteiger partial charge >= 0.3 is 0 Å². The van der Waals surface area contributed by atoms with E-state index in [4.69, 9.17) is 4.55 Å². The first-order chi connectivity index (χ1) is 7.39. The van der Waals surface area contributed by atoms with Crippen molar-refractivity contribution in [1.82, 2.24) is 4.98 Å². The summed E-state index contributed by atoms with van der Waals surface area (Å²) in [4.78, 5) is 13.8. The van der Waals surface area contributed by atoms with Crippen LogP contribution in [0.25, 0.3) is 10.9 Å². The Morgan fingerprint density at radius 2 is 1.94 bits per heavy atom. The summed E-state index contributed by atoms with van der Waals surface area (Å²) in [7, 11) is -4.48. The van der Waals surface area contributed by atoms with E-state index in [1.54, 1.807) is 12.1 Å². The van der Waals surface area contributed by atoms with Gasteiger partial charge < -0.3 is 4.98 Å². The molecule has 0 saturated carbocycles. The van der Waals surface area contributed by atoms with Crippen LogP contribution in [0.4, 0.5) is 0 Å². The van der Waals surface area contributed by atoms with Crippen molar-refractivity contribution in [2.75, 3.05) is 0 Å². The highest BCUT2D eigenvalue weighted by Gasteiger charge is 2.16. The first-order valence-corrected chi connectivity index (χ1v) is 5.93. The third kappa shape index (κ3) is 2.49. The summed E-state index contributed by atoms with van der Waals surface area (Å²) < 4.78 is 30.6. The first-order valence-electron chi connectivity index (χ1n) is 4.49. The molecule has 0 atom stereocenters. The van der Waals surface area contributed by atoms with Crippen LogP contribution in [0.15, 0.2) is 34.1 Å². The fraction of sp³-hybridized carbons (Fsp3) is 0.100. The largest absolute Gasteiger partial charge is 0.360 e. The van der Waals surface area contributed by atoms with E-state index in [9.17, 15) is 13.2 Å². The second kappa shape index (κ2) is 4.48. The molecule has 0 spiro atoms. The Balaban J connectivity index is 0.00000144. The number of aromatic nitrogens is 1. The van der Waals surface area contributed by atoms with Crippen LogP contribution in [0.5, 0.6) is 0 Å². The van der Waals surface area contributed by atoms with E-state index >= 15 is 0 Å². The predicted molar refractivity (Wildman–Crippen MR) is 66.4 cm³/mol. The molecule has 2 aromatic rings. The van der Waals surface area contributed by atoms with Crippen molar-refractivity contribution < 1.29 is 13.0 Å². The molecular formula is C10H10ClNO4S. The summed E-state index contributed by atoms with van der Waals surface area (Å²) in [6, 6.07) is 4.95. The van der Waals surface area contributed by atoms with E-state index in [1.165, 1.54) is 6.07 Å². The van der Waals surface area contributed by atoms with Gasteiger partial charge in [-0.1, -0.05) is 6.07 Å². The molecule has 5 nitrogen and oxygen atoms in total. The minimum atomic E-state index is -4.48. The standard InChI is InChI=1S/C10H9NO4S.ClH/c1-6-2-3-7-8(4-6)11-5-9(10(7)12)16(13,14)15;/h2-5H,1H3,(H,11,12)(H,13,14,15);1H. The summed E-state index contributed by atoms with van der Waals surface area (Å²) in [5, 5.41) is 0.237. The van der Waals surface area contributed by atoms with E-state index in [1.807, 2.05) is 6.92 Å². The molecule has 92 valence electrons. The lowest BCUT2D eigenvalue weighted by atomic mass is 10.1. The van der Waals surface area contributed by atoms with Crippen molar-refractivity contribution in [3.05, 3.63) is 40.2 Å². The maximum atomic E-state index is 11.7. The molecule has 0 bridgehead atoms. The van der Waals surface area contributed by atoms with Crippen molar-refractivity contribution in [3.8, 4) is 0 Å². The minimum absolute atomic E-state index is 0. The van der Waals surface area contributed by atoms with Gasteiger partial charge in [-0.25, -0.2) is 0 Å². The molecule has 1 heterocycles. The van der Waals surface area contributed by atoms with Gasteiger partial charge in [0.05, 0.1) is 0 Å². The molecule has 0 unspecified atom stereocenters. The third-order valence-electron chi connectivity index (χ3n) is 2.28. The zero-order valence-electron chi connectivity index (χ0n) is 8.80. The number of benzene rings is 1. The molecule has 0 fully saturated rings. The molecule has 0 aliphatic rings. The summed E-state index contributed by atoms with van der Waals surface area (Å²) in [6.45, 7) is 1.86. The Morgan fingerprint density at radius 3 is 2.53 bits per heavy atom. The van der Waals surface area contributed by atoms with Crippen LogP contribution >= 0.6 is 12.4 Å². The van der Waals surface area contributed by atoms with Crippen LogP contribution in [-0.4, -0.2) is 18.0 Å². The quantitative estimate of drug-likeness (QED) is 0.772. The van der Waals surface area contributed by atoms with E-state index in [2.05, 4.69) is 4.98 Å². The van der Waals surface area contributed by atoms with Crippen LogP contribution in [0, 0.1) is 6.92 Å². The number of aromatic amines is 1. The molecular weight excluding hydrogens is 266 g/mol. The first kappa shape index (κ1) is 13.7. The van der Waals surface area contributed by atoms with Gasteiger partial charge in [0.15, 0.2) is 4.90 Å². The minimum Gasteiger partial charge on any atom is -0.360 e. The lowest BCUT2D eigenvalue weighted by Crippen LogP contribution is -2.15. The Morgan fingerprint density at radius 1 is 1.29 bits per heavy atom. The summed E-state index contributed by atoms with van der Waals surface area (Å²) in [6.07, 6.45) is 0.999. The van der Waals surface area contributed by atoms with Gasteiger partial charge in [0.1, 0.15) is 0 Å². The van der Waals surface area contributed by atoms with Crippen molar-refractivity contribution in [3.63, 3.8) is 0 Å². The molecule has 2 rings (SSSR count). The number of hydrogen-bond acceptors (Lipinski definition) is 3. The molecule has 0 saturated heterocycles. The SMILES string of the molecule is Cc1ccc2c(=O)c(S(=O)(=O)O)c[nH]c2c1.Cl. The van der Waals surface area contributed by atoms with Crippen molar-refractivity contribution >= 4 is 33.4 Å². The Bertz CT molecular complexity index is 721. The summed E-state index contributed by atoms with van der Waals surface area (Å²) in [5.74, 6) is 0. The number of nitrogens with one attached hydrogen (secondary N) is 1. The van der Waals surface area contributed by atoms with E-state index in [0.29, 0.717) is 5.52 Å². The molecule has 0 aliphatic carbocycles. The fourth-order valence-electron chi connectivity index (χ4n) is 1.51. The molecule has 1 aromatic carbocycles. The number of halogens is 1. The van der Waals surface area contributed by atoms with E-state index in [0.717, 1.165) is 11.8 Å². The number of hydrogen-bond donors (Lipinski definition) is 2. The highest BCUT2D eigenvalue weighted by molar-refractivity contribution is 7.85. The number of pyridine rings is 1. The maximum Gasteiger partial charge on any atom is 0.299 e. The van der Waals surface area contributed by atoms with Gasteiger partial charge in [0.25, 0.3) is 10.1 Å². The Kier molecular flexibility index (Phi) is 3.61. The van der Waals surface area contributed by atoms with Gasteiger partial charge in [-0.3, -0.25) is 9.35 Å². The van der Waals surface area contributed by atoms with Gasteiger partial charge in [-0.15, -0.1) is 12.4 Å². The van der Waals surface area contributed by atoms with E-state index < -0.39 is 20.4 Å². The molecule has 1 aromatic heterocycles. The number of aryl methyl sites for hydroxylation is 1. The number of H-pyrrole nitrogens is 1. The summed E-state index contributed by atoms with van der Waals surface area (Å²) >= 11 is 0. The monoisotopic (exact) mass is 275 g/mol. The van der Waals surface area contributed by atoms with Gasteiger partial charge in [-0.2, -0.15) is 8.42 Å². The second-order valence-electron chi connectivity index (χ2n) is 3.51.